The number of nitrogens with zero attached hydrogens (tertiary/aromatic N) is 2. The van der Waals surface area contributed by atoms with E-state index in [1.165, 1.54) is 0 Å². The predicted octanol–water partition coefficient (Wildman–Crippen LogP) is 3.82. The normalized spacial score (nSPS) is 12.7. The molecule has 0 saturated carbocycles. The van der Waals surface area contributed by atoms with Crippen LogP contribution >= 0.6 is 0 Å². The van der Waals surface area contributed by atoms with E-state index in [2.05, 4.69) is 18.7 Å². The lowest BCUT2D eigenvalue weighted by Crippen LogP contribution is -2.28. The summed E-state index contributed by atoms with van der Waals surface area (Å²) in [5.74, 6) is -0.0507. The van der Waals surface area contributed by atoms with Gasteiger partial charge in [0.1, 0.15) is 0 Å². The van der Waals surface area contributed by atoms with Crippen LogP contribution in [0.1, 0.15) is 35.3 Å². The largest absolute Gasteiger partial charge is 0.299 e. The number of pyridine rings is 1. The molecule has 4 rings (SSSR count). The van der Waals surface area contributed by atoms with E-state index in [4.69, 9.17) is 0 Å². The molecule has 0 N–H and O–H groups in total. The van der Waals surface area contributed by atoms with Crippen LogP contribution in [-0.2, 0) is 6.54 Å². The highest BCUT2D eigenvalue weighted by atomic mass is 16.2. The number of benzene rings is 2. The highest BCUT2D eigenvalue weighted by Crippen LogP contribution is 2.36. The summed E-state index contributed by atoms with van der Waals surface area (Å²) in [5.41, 5.74) is 4.75. The van der Waals surface area contributed by atoms with Crippen LogP contribution in [0.3, 0.4) is 0 Å². The van der Waals surface area contributed by atoms with Crippen molar-refractivity contribution in [3.05, 3.63) is 69.4 Å². The summed E-state index contributed by atoms with van der Waals surface area (Å²) >= 11 is 0. The standard InChI is InChI=1S/C22H22N2O2/c1-4-23(5-2)13-18-20-15-8-6-7-9-16(15)22(26)24(20)19-11-10-14(3)12-17(19)21(18)25/h6-12H,4-5,13H2,1-3H3. The molecule has 2 aromatic carbocycles. The van der Waals surface area contributed by atoms with Crippen LogP contribution in [0.2, 0.25) is 0 Å². The van der Waals surface area contributed by atoms with Gasteiger partial charge in [0.05, 0.1) is 11.2 Å². The van der Waals surface area contributed by atoms with Crippen molar-refractivity contribution in [3.63, 3.8) is 0 Å². The van der Waals surface area contributed by atoms with E-state index in [1.807, 2.05) is 49.4 Å². The molecule has 0 bridgehead atoms. The van der Waals surface area contributed by atoms with E-state index in [0.717, 1.165) is 29.9 Å². The van der Waals surface area contributed by atoms with Gasteiger partial charge >= 0.3 is 0 Å². The van der Waals surface area contributed by atoms with Crippen molar-refractivity contribution < 1.29 is 4.79 Å². The van der Waals surface area contributed by atoms with E-state index < -0.39 is 0 Å². The number of aryl methyl sites for hydroxylation is 1. The lowest BCUT2D eigenvalue weighted by Gasteiger charge is -2.21. The van der Waals surface area contributed by atoms with Gasteiger partial charge in [-0.3, -0.25) is 19.1 Å². The van der Waals surface area contributed by atoms with Gasteiger partial charge < -0.3 is 0 Å². The third-order valence-electron chi connectivity index (χ3n) is 5.31. The van der Waals surface area contributed by atoms with Crippen molar-refractivity contribution in [2.75, 3.05) is 13.1 Å². The average molecular weight is 346 g/mol. The highest BCUT2D eigenvalue weighted by Gasteiger charge is 2.31. The van der Waals surface area contributed by atoms with Gasteiger partial charge in [0.2, 0.25) is 0 Å². The Hall–Kier alpha value is -2.72. The zero-order valence-corrected chi connectivity index (χ0v) is 15.4. The van der Waals surface area contributed by atoms with Crippen molar-refractivity contribution in [1.29, 1.82) is 0 Å². The van der Waals surface area contributed by atoms with Crippen LogP contribution in [-0.4, -0.2) is 28.5 Å². The van der Waals surface area contributed by atoms with Gasteiger partial charge in [-0.15, -0.1) is 0 Å². The summed E-state index contributed by atoms with van der Waals surface area (Å²) in [7, 11) is 0. The third kappa shape index (κ3) is 2.33. The third-order valence-corrected chi connectivity index (χ3v) is 5.31. The smallest absolute Gasteiger partial charge is 0.263 e. The molecule has 26 heavy (non-hydrogen) atoms. The van der Waals surface area contributed by atoms with Gasteiger partial charge in [0, 0.05) is 28.6 Å². The Balaban J connectivity index is 2.13. The molecule has 0 amide bonds. The number of hydrogen-bond acceptors (Lipinski definition) is 3. The van der Waals surface area contributed by atoms with Crippen molar-refractivity contribution in [1.82, 2.24) is 9.47 Å². The van der Waals surface area contributed by atoms with E-state index in [9.17, 15) is 9.59 Å². The summed E-state index contributed by atoms with van der Waals surface area (Å²) < 4.78 is 1.74. The first-order chi connectivity index (χ1) is 12.6. The number of fused-ring (bicyclic) bond motifs is 5. The summed E-state index contributed by atoms with van der Waals surface area (Å²) in [5, 5.41) is 0.622. The molecule has 4 nitrogen and oxygen atoms in total. The van der Waals surface area contributed by atoms with Crippen LogP contribution in [0.25, 0.3) is 22.2 Å². The first-order valence-electron chi connectivity index (χ1n) is 9.11. The summed E-state index contributed by atoms with van der Waals surface area (Å²) in [6.07, 6.45) is 0. The quantitative estimate of drug-likeness (QED) is 0.564. The fraction of sp³-hybridized carbons (Fsp3) is 0.273. The van der Waals surface area contributed by atoms with Crippen molar-refractivity contribution in [2.45, 2.75) is 27.3 Å². The Morgan fingerprint density at radius 3 is 2.35 bits per heavy atom. The number of aromatic nitrogens is 1. The molecular weight excluding hydrogens is 324 g/mol. The molecule has 0 atom stereocenters. The Morgan fingerprint density at radius 2 is 1.65 bits per heavy atom. The van der Waals surface area contributed by atoms with Gasteiger partial charge in [0.25, 0.3) is 5.91 Å². The molecule has 2 heterocycles. The molecule has 3 aromatic rings. The van der Waals surface area contributed by atoms with Gasteiger partial charge in [0.15, 0.2) is 5.43 Å². The minimum atomic E-state index is -0.0507. The molecule has 1 aliphatic heterocycles. The molecule has 0 saturated heterocycles. The summed E-state index contributed by atoms with van der Waals surface area (Å²) in [6, 6.07) is 13.3. The molecule has 132 valence electrons. The molecule has 0 radical (unpaired) electrons. The van der Waals surface area contributed by atoms with Crippen LogP contribution in [0.5, 0.6) is 0 Å². The van der Waals surface area contributed by atoms with Gasteiger partial charge in [-0.05, 0) is 38.2 Å². The van der Waals surface area contributed by atoms with Crippen molar-refractivity contribution in [2.24, 2.45) is 0 Å². The molecule has 0 spiro atoms. The van der Waals surface area contributed by atoms with Crippen LogP contribution in [0, 0.1) is 6.92 Å². The monoisotopic (exact) mass is 346 g/mol. The minimum Gasteiger partial charge on any atom is -0.299 e. The van der Waals surface area contributed by atoms with E-state index in [1.54, 1.807) is 4.57 Å². The second-order valence-corrected chi connectivity index (χ2v) is 6.82. The maximum atomic E-state index is 13.4. The van der Waals surface area contributed by atoms with Crippen LogP contribution in [0.15, 0.2) is 47.3 Å². The molecule has 0 unspecified atom stereocenters. The minimum absolute atomic E-state index is 0.0337. The van der Waals surface area contributed by atoms with Crippen LogP contribution < -0.4 is 5.43 Å². The Labute approximate surface area is 152 Å². The van der Waals surface area contributed by atoms with E-state index in [0.29, 0.717) is 28.6 Å². The number of carbonyl (C=O) groups excluding carboxylic acids is 1. The van der Waals surface area contributed by atoms with E-state index >= 15 is 0 Å². The lowest BCUT2D eigenvalue weighted by molar-refractivity contribution is 0.0973. The maximum absolute atomic E-state index is 13.4. The van der Waals surface area contributed by atoms with Gasteiger partial charge in [-0.2, -0.15) is 0 Å². The Bertz CT molecular complexity index is 1090. The van der Waals surface area contributed by atoms with Crippen molar-refractivity contribution in [3.8, 4) is 11.3 Å². The van der Waals surface area contributed by atoms with Gasteiger partial charge in [-0.1, -0.05) is 43.7 Å². The van der Waals surface area contributed by atoms with Gasteiger partial charge in [-0.25, -0.2) is 0 Å². The molecule has 1 aromatic heterocycles. The predicted molar refractivity (Wildman–Crippen MR) is 105 cm³/mol. The lowest BCUT2D eigenvalue weighted by atomic mass is 10.0. The van der Waals surface area contributed by atoms with E-state index in [-0.39, 0.29) is 11.3 Å². The molecule has 0 fully saturated rings. The zero-order chi connectivity index (χ0) is 18.4. The molecular formula is C22H22N2O2. The molecule has 1 aliphatic rings. The fourth-order valence-corrected chi connectivity index (χ4v) is 3.86. The first-order valence-corrected chi connectivity index (χ1v) is 9.11. The number of hydrogen-bond donors (Lipinski definition) is 0. The second kappa shape index (κ2) is 6.22. The Morgan fingerprint density at radius 1 is 0.962 bits per heavy atom. The Kier molecular flexibility index (Phi) is 4.00. The summed E-state index contributed by atoms with van der Waals surface area (Å²) in [4.78, 5) is 28.7. The summed E-state index contributed by atoms with van der Waals surface area (Å²) in [6.45, 7) is 8.41. The van der Waals surface area contributed by atoms with Crippen LogP contribution in [0.4, 0.5) is 0 Å². The first kappa shape index (κ1) is 16.7. The zero-order valence-electron chi connectivity index (χ0n) is 15.4. The fourth-order valence-electron chi connectivity index (χ4n) is 3.86. The highest BCUT2D eigenvalue weighted by molar-refractivity contribution is 6.13. The molecule has 4 heteroatoms. The number of rotatable bonds is 4. The second-order valence-electron chi connectivity index (χ2n) is 6.82. The van der Waals surface area contributed by atoms with Crippen molar-refractivity contribution >= 4 is 16.8 Å². The average Bonchev–Trinajstić information content (AvgIpc) is 2.95. The number of carbonyl (C=O) groups is 1. The topological polar surface area (TPSA) is 42.3 Å². The molecule has 0 aliphatic carbocycles. The SMILES string of the molecule is CCN(CC)Cc1c2n(c3ccc(C)cc3c1=O)C(=O)c1ccccc1-2. The maximum Gasteiger partial charge on any atom is 0.263 e.